The van der Waals surface area contributed by atoms with Gasteiger partial charge in [-0.3, -0.25) is 9.59 Å². The Morgan fingerprint density at radius 3 is 2.21 bits per heavy atom. The van der Waals surface area contributed by atoms with Crippen LogP contribution in [0.25, 0.3) is 11.1 Å². The maximum atomic E-state index is 13.4. The summed E-state index contributed by atoms with van der Waals surface area (Å²) in [6.45, 7) is 2.47. The number of amides is 2. The number of alkyl carbamates (subject to hydrolysis) is 1. The van der Waals surface area contributed by atoms with Gasteiger partial charge in [-0.25, -0.2) is 4.79 Å². The van der Waals surface area contributed by atoms with Gasteiger partial charge in [-0.15, -0.1) is 0 Å². The lowest BCUT2D eigenvalue weighted by Crippen LogP contribution is -2.65. The van der Waals surface area contributed by atoms with Gasteiger partial charge in [-0.1, -0.05) is 48.5 Å². The van der Waals surface area contributed by atoms with Crippen LogP contribution in [0.5, 0.6) is 0 Å². The summed E-state index contributed by atoms with van der Waals surface area (Å²) in [5.41, 5.74) is 3.66. The van der Waals surface area contributed by atoms with Gasteiger partial charge < -0.3 is 20.1 Å². The van der Waals surface area contributed by atoms with Crippen molar-refractivity contribution in [2.24, 2.45) is 5.92 Å². The van der Waals surface area contributed by atoms with Crippen LogP contribution in [0.2, 0.25) is 0 Å². The fourth-order valence-electron chi connectivity index (χ4n) is 5.73. The van der Waals surface area contributed by atoms with E-state index in [1.54, 1.807) is 4.90 Å². The molecule has 1 saturated carbocycles. The lowest BCUT2D eigenvalue weighted by Gasteiger charge is -2.47. The van der Waals surface area contributed by atoms with Crippen molar-refractivity contribution < 1.29 is 24.2 Å². The molecular weight excluding hydrogens is 432 g/mol. The number of aliphatic carboxylic acids is 1. The van der Waals surface area contributed by atoms with Crippen molar-refractivity contribution in [1.82, 2.24) is 10.2 Å². The van der Waals surface area contributed by atoms with E-state index in [2.05, 4.69) is 29.6 Å². The summed E-state index contributed by atoms with van der Waals surface area (Å²) in [6, 6.07) is 16.2. The number of hydrogen-bond donors (Lipinski definition) is 2. The number of piperidine rings is 1. The molecule has 5 rings (SSSR count). The van der Waals surface area contributed by atoms with Crippen molar-refractivity contribution in [2.75, 3.05) is 13.2 Å². The number of carbonyl (C=O) groups is 3. The summed E-state index contributed by atoms with van der Waals surface area (Å²) in [5.74, 6) is -1.40. The van der Waals surface area contributed by atoms with Crippen LogP contribution in [0.3, 0.4) is 0 Å². The monoisotopic (exact) mass is 462 g/mol. The molecule has 0 bridgehead atoms. The fourth-order valence-corrected chi connectivity index (χ4v) is 5.73. The number of carbonyl (C=O) groups excluding carboxylic acids is 2. The van der Waals surface area contributed by atoms with E-state index >= 15 is 0 Å². The lowest BCUT2D eigenvalue weighted by molar-refractivity contribution is -0.152. The molecule has 0 spiro atoms. The number of carboxylic acid groups (broad SMARTS) is 1. The zero-order valence-electron chi connectivity index (χ0n) is 19.3. The van der Waals surface area contributed by atoms with Gasteiger partial charge in [0, 0.05) is 18.5 Å². The van der Waals surface area contributed by atoms with E-state index in [0.29, 0.717) is 32.2 Å². The van der Waals surface area contributed by atoms with E-state index in [9.17, 15) is 19.5 Å². The molecule has 1 aliphatic heterocycles. The molecule has 2 fully saturated rings. The molecule has 2 atom stereocenters. The summed E-state index contributed by atoms with van der Waals surface area (Å²) in [5, 5.41) is 12.2. The third-order valence-corrected chi connectivity index (χ3v) is 7.79. The Kier molecular flexibility index (Phi) is 5.80. The minimum Gasteiger partial charge on any atom is -0.481 e. The number of fused-ring (bicyclic) bond motifs is 3. The van der Waals surface area contributed by atoms with Crippen molar-refractivity contribution in [2.45, 2.75) is 56.5 Å². The van der Waals surface area contributed by atoms with Gasteiger partial charge in [0.25, 0.3) is 0 Å². The molecule has 34 heavy (non-hydrogen) atoms. The average molecular weight is 463 g/mol. The highest BCUT2D eigenvalue weighted by molar-refractivity contribution is 5.91. The van der Waals surface area contributed by atoms with Crippen molar-refractivity contribution in [3.05, 3.63) is 59.7 Å². The van der Waals surface area contributed by atoms with Crippen molar-refractivity contribution in [1.29, 1.82) is 0 Å². The molecule has 2 aromatic carbocycles. The van der Waals surface area contributed by atoms with Crippen LogP contribution < -0.4 is 5.32 Å². The molecule has 2 amide bonds. The maximum absolute atomic E-state index is 13.4. The van der Waals surface area contributed by atoms with Gasteiger partial charge in [0.15, 0.2) is 0 Å². The minimum atomic E-state index is -0.951. The average Bonchev–Trinajstić information content (AvgIpc) is 3.13. The highest BCUT2D eigenvalue weighted by Gasteiger charge is 2.50. The predicted octanol–water partition coefficient (Wildman–Crippen LogP) is 4.16. The molecule has 0 aromatic heterocycles. The summed E-state index contributed by atoms with van der Waals surface area (Å²) in [4.78, 5) is 39.4. The largest absolute Gasteiger partial charge is 0.481 e. The van der Waals surface area contributed by atoms with Gasteiger partial charge in [-0.05, 0) is 61.3 Å². The van der Waals surface area contributed by atoms with Crippen LogP contribution in [0.4, 0.5) is 4.79 Å². The minimum absolute atomic E-state index is 0.0405. The van der Waals surface area contributed by atoms with E-state index in [1.165, 1.54) is 0 Å². The van der Waals surface area contributed by atoms with Gasteiger partial charge >= 0.3 is 12.1 Å². The van der Waals surface area contributed by atoms with E-state index in [-0.39, 0.29) is 24.5 Å². The number of benzene rings is 2. The quantitative estimate of drug-likeness (QED) is 0.696. The second-order valence-electron chi connectivity index (χ2n) is 9.79. The van der Waals surface area contributed by atoms with Crippen LogP contribution in [0.1, 0.15) is 56.1 Å². The molecule has 178 valence electrons. The standard InChI is InChI=1S/C27H30N2O5/c1-17-15-18(24(30)31)11-14-29(17)25(32)27(12-6-13-27)28-26(33)34-16-23-21-9-4-2-7-19(21)20-8-3-5-10-22(20)23/h2-5,7-10,17-18,23H,6,11-16H2,1H3,(H,28,33)(H,30,31)/t17-,18-/m1/s1. The lowest BCUT2D eigenvalue weighted by atomic mass is 9.74. The molecule has 2 aliphatic carbocycles. The van der Waals surface area contributed by atoms with Crippen LogP contribution in [-0.2, 0) is 14.3 Å². The highest BCUT2D eigenvalue weighted by Crippen LogP contribution is 2.44. The van der Waals surface area contributed by atoms with Gasteiger partial charge in [0.05, 0.1) is 5.92 Å². The number of nitrogens with zero attached hydrogens (tertiary/aromatic N) is 1. The molecule has 7 nitrogen and oxygen atoms in total. The van der Waals surface area contributed by atoms with Crippen LogP contribution in [0, 0.1) is 5.92 Å². The van der Waals surface area contributed by atoms with Gasteiger partial charge in [0.2, 0.25) is 5.91 Å². The number of carboxylic acids is 1. The van der Waals surface area contributed by atoms with Crippen molar-refractivity contribution >= 4 is 18.0 Å². The van der Waals surface area contributed by atoms with Crippen molar-refractivity contribution in [3.8, 4) is 11.1 Å². The number of likely N-dealkylation sites (tertiary alicyclic amines) is 1. The molecule has 2 aromatic rings. The van der Waals surface area contributed by atoms with E-state index < -0.39 is 23.5 Å². The first-order valence-electron chi connectivity index (χ1n) is 12.1. The Balaban J connectivity index is 1.25. The molecule has 3 aliphatic rings. The molecule has 0 unspecified atom stereocenters. The third-order valence-electron chi connectivity index (χ3n) is 7.79. The van der Waals surface area contributed by atoms with E-state index in [4.69, 9.17) is 4.74 Å². The summed E-state index contributed by atoms with van der Waals surface area (Å²) >= 11 is 0. The zero-order chi connectivity index (χ0) is 23.9. The summed E-state index contributed by atoms with van der Waals surface area (Å²) < 4.78 is 5.69. The number of ether oxygens (including phenoxy) is 1. The first-order valence-corrected chi connectivity index (χ1v) is 12.1. The third kappa shape index (κ3) is 3.83. The van der Waals surface area contributed by atoms with Gasteiger partial charge in [0.1, 0.15) is 12.1 Å². The fraction of sp³-hybridized carbons (Fsp3) is 0.444. The Hall–Kier alpha value is -3.35. The molecule has 0 radical (unpaired) electrons. The Morgan fingerprint density at radius 2 is 1.68 bits per heavy atom. The second kappa shape index (κ2) is 8.78. The van der Waals surface area contributed by atoms with Crippen molar-refractivity contribution in [3.63, 3.8) is 0 Å². The normalized spacial score (nSPS) is 22.8. The molecular formula is C27H30N2O5. The number of rotatable bonds is 5. The Morgan fingerprint density at radius 1 is 1.06 bits per heavy atom. The van der Waals surface area contributed by atoms with E-state index in [0.717, 1.165) is 28.7 Å². The maximum Gasteiger partial charge on any atom is 0.408 e. The highest BCUT2D eigenvalue weighted by atomic mass is 16.5. The van der Waals surface area contributed by atoms with Crippen LogP contribution >= 0.6 is 0 Å². The predicted molar refractivity (Wildman–Crippen MR) is 126 cm³/mol. The number of nitrogens with one attached hydrogen (secondary N) is 1. The molecule has 1 heterocycles. The topological polar surface area (TPSA) is 95.9 Å². The zero-order valence-corrected chi connectivity index (χ0v) is 19.3. The summed E-state index contributed by atoms with van der Waals surface area (Å²) in [6.07, 6.45) is 2.29. The Bertz CT molecular complexity index is 1080. The smallest absolute Gasteiger partial charge is 0.408 e. The van der Waals surface area contributed by atoms with Crippen LogP contribution in [-0.4, -0.2) is 52.7 Å². The molecule has 2 N–H and O–H groups in total. The Labute approximate surface area is 199 Å². The molecule has 1 saturated heterocycles. The number of hydrogen-bond acceptors (Lipinski definition) is 4. The SMILES string of the molecule is C[C@@H]1C[C@H](C(=O)O)CCN1C(=O)C1(NC(=O)OCC2c3ccccc3-c3ccccc32)CCC1. The van der Waals surface area contributed by atoms with E-state index in [1.807, 2.05) is 31.2 Å². The molecule has 7 heteroatoms. The first-order chi connectivity index (χ1) is 16.4. The second-order valence-corrected chi connectivity index (χ2v) is 9.79. The van der Waals surface area contributed by atoms with Gasteiger partial charge in [-0.2, -0.15) is 0 Å². The first kappa shape index (κ1) is 22.4. The summed E-state index contributed by atoms with van der Waals surface area (Å²) in [7, 11) is 0. The van der Waals surface area contributed by atoms with Crippen LogP contribution in [0.15, 0.2) is 48.5 Å².